The van der Waals surface area contributed by atoms with Crippen LogP contribution in [-0.2, 0) is 9.53 Å². The maximum Gasteiger partial charge on any atom is 0.330 e. The van der Waals surface area contributed by atoms with Crippen molar-refractivity contribution in [2.24, 2.45) is 0 Å². The highest BCUT2D eigenvalue weighted by Crippen LogP contribution is 2.18. The predicted molar refractivity (Wildman–Crippen MR) is 75.1 cm³/mol. The molecule has 0 radical (unpaired) electrons. The summed E-state index contributed by atoms with van der Waals surface area (Å²) in [6.07, 6.45) is 1.55. The number of amides is 1. The Balaban J connectivity index is 2.24. The number of nitrogens with one attached hydrogen (secondary N) is 1. The van der Waals surface area contributed by atoms with E-state index in [4.69, 9.17) is 9.47 Å². The van der Waals surface area contributed by atoms with Crippen LogP contribution in [0.25, 0.3) is 0 Å². The second-order valence-corrected chi connectivity index (χ2v) is 4.53. The molecule has 114 valence electrons. The summed E-state index contributed by atoms with van der Waals surface area (Å²) in [4.78, 5) is 30.2. The molecule has 21 heavy (non-hydrogen) atoms. The fourth-order valence-corrected chi connectivity index (χ4v) is 2.27. The summed E-state index contributed by atoms with van der Waals surface area (Å²) in [5, 5.41) is 3.10. The van der Waals surface area contributed by atoms with Crippen LogP contribution in [0.5, 0.6) is 5.88 Å². The fourth-order valence-electron chi connectivity index (χ4n) is 2.27. The molecule has 7 heteroatoms. The molecule has 1 unspecified atom stereocenters. The molecule has 2 heterocycles. The minimum Gasteiger partial charge on any atom is -0.480 e. The molecule has 1 aromatic rings. The molecule has 2 rings (SSSR count). The van der Waals surface area contributed by atoms with Crippen molar-refractivity contribution in [1.82, 2.24) is 15.2 Å². The number of pyridine rings is 1. The van der Waals surface area contributed by atoms with Crippen molar-refractivity contribution in [3.05, 3.63) is 23.9 Å². The van der Waals surface area contributed by atoms with Gasteiger partial charge in [0.1, 0.15) is 11.6 Å². The van der Waals surface area contributed by atoms with Crippen LogP contribution in [0.1, 0.15) is 17.3 Å². The van der Waals surface area contributed by atoms with Crippen LogP contribution in [0.4, 0.5) is 0 Å². The average molecular weight is 293 g/mol. The lowest BCUT2D eigenvalue weighted by Crippen LogP contribution is -2.57. The number of aromatic nitrogens is 1. The van der Waals surface area contributed by atoms with Crippen molar-refractivity contribution in [2.45, 2.75) is 13.0 Å². The molecule has 1 aliphatic heterocycles. The molecule has 1 amide bonds. The Morgan fingerprint density at radius 1 is 1.52 bits per heavy atom. The molecule has 0 saturated carbocycles. The number of methoxy groups -OCH3 is 1. The predicted octanol–water partition coefficient (Wildman–Crippen LogP) is 0.0673. The van der Waals surface area contributed by atoms with Crippen LogP contribution in [0.15, 0.2) is 18.3 Å². The van der Waals surface area contributed by atoms with Crippen molar-refractivity contribution >= 4 is 11.9 Å². The quantitative estimate of drug-likeness (QED) is 0.791. The van der Waals surface area contributed by atoms with E-state index in [2.05, 4.69) is 10.3 Å². The third-order valence-electron chi connectivity index (χ3n) is 3.26. The molecule has 1 aliphatic rings. The Kier molecular flexibility index (Phi) is 5.10. The number of rotatable bonds is 4. The molecular weight excluding hydrogens is 274 g/mol. The van der Waals surface area contributed by atoms with Crippen LogP contribution in [0.3, 0.4) is 0 Å². The first-order valence-electron chi connectivity index (χ1n) is 6.86. The van der Waals surface area contributed by atoms with Gasteiger partial charge in [0, 0.05) is 25.8 Å². The Labute approximate surface area is 123 Å². The zero-order valence-corrected chi connectivity index (χ0v) is 12.2. The topological polar surface area (TPSA) is 80.8 Å². The van der Waals surface area contributed by atoms with Crippen LogP contribution in [-0.4, -0.2) is 61.2 Å². The van der Waals surface area contributed by atoms with Gasteiger partial charge in [0.05, 0.1) is 13.7 Å². The number of hydrogen-bond acceptors (Lipinski definition) is 6. The Hall–Kier alpha value is -2.15. The largest absolute Gasteiger partial charge is 0.480 e. The fraction of sp³-hybridized carbons (Fsp3) is 0.500. The van der Waals surface area contributed by atoms with Gasteiger partial charge >= 0.3 is 5.97 Å². The lowest BCUT2D eigenvalue weighted by Gasteiger charge is -2.34. The van der Waals surface area contributed by atoms with Crippen molar-refractivity contribution in [3.63, 3.8) is 0 Å². The van der Waals surface area contributed by atoms with Crippen LogP contribution in [0.2, 0.25) is 0 Å². The molecule has 1 saturated heterocycles. The van der Waals surface area contributed by atoms with Gasteiger partial charge in [0.15, 0.2) is 0 Å². The zero-order chi connectivity index (χ0) is 15.2. The second kappa shape index (κ2) is 7.03. The van der Waals surface area contributed by atoms with E-state index in [0.717, 1.165) is 0 Å². The SMILES string of the molecule is CCOC(=O)C1CNCCN1C(=O)c1cccnc1OC. The van der Waals surface area contributed by atoms with Crippen LogP contribution >= 0.6 is 0 Å². The number of carbonyl (C=O) groups excluding carboxylic acids is 2. The molecule has 1 fully saturated rings. The summed E-state index contributed by atoms with van der Waals surface area (Å²) >= 11 is 0. The molecule has 7 nitrogen and oxygen atoms in total. The van der Waals surface area contributed by atoms with Crippen LogP contribution < -0.4 is 10.1 Å². The van der Waals surface area contributed by atoms with E-state index < -0.39 is 12.0 Å². The summed E-state index contributed by atoms with van der Waals surface area (Å²) in [6.45, 7) is 3.47. The summed E-state index contributed by atoms with van der Waals surface area (Å²) in [7, 11) is 1.46. The minimum absolute atomic E-state index is 0.253. The normalized spacial score (nSPS) is 18.2. The van der Waals surface area contributed by atoms with Gasteiger partial charge in [-0.1, -0.05) is 0 Å². The van der Waals surface area contributed by atoms with Crippen molar-refractivity contribution in [1.29, 1.82) is 0 Å². The van der Waals surface area contributed by atoms with Crippen molar-refractivity contribution in [3.8, 4) is 5.88 Å². The maximum absolute atomic E-state index is 12.7. The van der Waals surface area contributed by atoms with Crippen LogP contribution in [0, 0.1) is 0 Å². The first-order valence-corrected chi connectivity index (χ1v) is 6.86. The van der Waals surface area contributed by atoms with E-state index >= 15 is 0 Å². The van der Waals surface area contributed by atoms with Gasteiger partial charge in [-0.05, 0) is 19.1 Å². The highest BCUT2D eigenvalue weighted by Gasteiger charge is 2.34. The molecule has 1 N–H and O–H groups in total. The molecular formula is C14H19N3O4. The summed E-state index contributed by atoms with van der Waals surface area (Å²) in [5.74, 6) is -0.427. The van der Waals surface area contributed by atoms with Gasteiger partial charge in [-0.2, -0.15) is 0 Å². The van der Waals surface area contributed by atoms with Gasteiger partial charge in [0.25, 0.3) is 5.91 Å². The second-order valence-electron chi connectivity index (χ2n) is 4.53. The minimum atomic E-state index is -0.629. The van der Waals surface area contributed by atoms with E-state index in [9.17, 15) is 9.59 Å². The third kappa shape index (κ3) is 3.30. The van der Waals surface area contributed by atoms with Crippen molar-refractivity contribution in [2.75, 3.05) is 33.4 Å². The highest BCUT2D eigenvalue weighted by molar-refractivity contribution is 5.98. The number of ether oxygens (including phenoxy) is 2. The van der Waals surface area contributed by atoms with Gasteiger partial charge in [-0.25, -0.2) is 9.78 Å². The molecule has 0 aliphatic carbocycles. The number of carbonyl (C=O) groups is 2. The molecule has 0 aromatic carbocycles. The molecule has 1 atom stereocenters. The van der Waals surface area contributed by atoms with Crippen molar-refractivity contribution < 1.29 is 19.1 Å². The van der Waals surface area contributed by atoms with Gasteiger partial charge in [0.2, 0.25) is 5.88 Å². The highest BCUT2D eigenvalue weighted by atomic mass is 16.5. The summed E-state index contributed by atoms with van der Waals surface area (Å²) < 4.78 is 10.1. The Morgan fingerprint density at radius 3 is 3.05 bits per heavy atom. The molecule has 0 spiro atoms. The van der Waals surface area contributed by atoms with E-state index in [-0.39, 0.29) is 18.4 Å². The number of hydrogen-bond donors (Lipinski definition) is 1. The molecule has 0 bridgehead atoms. The van der Waals surface area contributed by atoms with E-state index in [1.807, 2.05) is 0 Å². The van der Waals surface area contributed by atoms with Gasteiger partial charge in [-0.3, -0.25) is 4.79 Å². The summed E-state index contributed by atoms with van der Waals surface area (Å²) in [6, 6.07) is 2.67. The third-order valence-corrected chi connectivity index (χ3v) is 3.26. The Bertz CT molecular complexity index is 521. The standard InChI is InChI=1S/C14H19N3O4/c1-3-21-14(19)11-9-15-7-8-17(11)13(18)10-5-4-6-16-12(10)20-2/h4-6,11,15H,3,7-9H2,1-2H3. The van der Waals surface area contributed by atoms with E-state index in [1.165, 1.54) is 12.0 Å². The smallest absolute Gasteiger partial charge is 0.330 e. The number of esters is 1. The van der Waals surface area contributed by atoms with Gasteiger partial charge < -0.3 is 19.7 Å². The number of nitrogens with zero attached hydrogens (tertiary/aromatic N) is 2. The van der Waals surface area contributed by atoms with E-state index in [0.29, 0.717) is 25.2 Å². The van der Waals surface area contributed by atoms with E-state index in [1.54, 1.807) is 25.3 Å². The first-order chi connectivity index (χ1) is 10.2. The van der Waals surface area contributed by atoms with Gasteiger partial charge in [-0.15, -0.1) is 0 Å². The molecule has 1 aromatic heterocycles. The zero-order valence-electron chi connectivity index (χ0n) is 12.2. The summed E-state index contributed by atoms with van der Waals surface area (Å²) in [5.41, 5.74) is 0.344. The maximum atomic E-state index is 12.7. The first kappa shape index (κ1) is 15.2. The monoisotopic (exact) mass is 293 g/mol. The average Bonchev–Trinajstić information content (AvgIpc) is 2.54. The lowest BCUT2D eigenvalue weighted by atomic mass is 10.1. The number of piperazine rings is 1. The lowest BCUT2D eigenvalue weighted by molar-refractivity contribution is -0.149. The Morgan fingerprint density at radius 2 is 2.33 bits per heavy atom.